The lowest BCUT2D eigenvalue weighted by Gasteiger charge is -2.13. The van der Waals surface area contributed by atoms with Gasteiger partial charge in [0.1, 0.15) is 11.6 Å². The van der Waals surface area contributed by atoms with Crippen molar-refractivity contribution in [2.75, 3.05) is 26.0 Å². The molecule has 28 heavy (non-hydrogen) atoms. The Balaban J connectivity index is 2.11. The highest BCUT2D eigenvalue weighted by atomic mass is 32.2. The van der Waals surface area contributed by atoms with Gasteiger partial charge in [-0.3, -0.25) is 4.79 Å². The van der Waals surface area contributed by atoms with Crippen molar-refractivity contribution in [2.45, 2.75) is 11.8 Å². The van der Waals surface area contributed by atoms with Crippen molar-refractivity contribution >= 4 is 27.6 Å². The van der Waals surface area contributed by atoms with E-state index in [1.165, 1.54) is 26.2 Å². The van der Waals surface area contributed by atoms with Gasteiger partial charge in [0, 0.05) is 20.2 Å². The number of rotatable bonds is 6. The number of nitrogens with one attached hydrogen (secondary N) is 1. The molecule has 0 heterocycles. The van der Waals surface area contributed by atoms with Crippen molar-refractivity contribution in [1.82, 2.24) is 4.31 Å². The molecule has 10 heteroatoms. The lowest BCUT2D eigenvalue weighted by atomic mass is 10.1. The molecule has 2 aromatic rings. The second-order valence-electron chi connectivity index (χ2n) is 6.01. The predicted molar refractivity (Wildman–Crippen MR) is 97.3 cm³/mol. The zero-order chi connectivity index (χ0) is 21.1. The first-order valence-corrected chi connectivity index (χ1v) is 9.41. The van der Waals surface area contributed by atoms with Crippen molar-refractivity contribution in [3.05, 3.63) is 59.2 Å². The summed E-state index contributed by atoms with van der Waals surface area (Å²) in [5.41, 5.74) is 0.0169. The zero-order valence-corrected chi connectivity index (χ0v) is 16.1. The van der Waals surface area contributed by atoms with Crippen molar-refractivity contribution in [3.8, 4) is 0 Å². The van der Waals surface area contributed by atoms with Crippen molar-refractivity contribution < 1.29 is 31.5 Å². The molecule has 2 aromatic carbocycles. The number of anilines is 1. The molecule has 7 nitrogen and oxygen atoms in total. The van der Waals surface area contributed by atoms with Crippen molar-refractivity contribution in [3.63, 3.8) is 0 Å². The monoisotopic (exact) mass is 412 g/mol. The first-order valence-electron chi connectivity index (χ1n) is 7.97. The van der Waals surface area contributed by atoms with Crippen LogP contribution in [0.15, 0.2) is 41.3 Å². The maximum absolute atomic E-state index is 13.5. The number of aryl methyl sites for hydroxylation is 1. The number of esters is 1. The van der Waals surface area contributed by atoms with E-state index in [-0.39, 0.29) is 10.5 Å². The molecule has 0 aromatic heterocycles. The maximum Gasteiger partial charge on any atom is 0.338 e. The summed E-state index contributed by atoms with van der Waals surface area (Å²) in [6, 6.07) is 6.46. The van der Waals surface area contributed by atoms with E-state index >= 15 is 0 Å². The molecule has 0 spiro atoms. The number of benzene rings is 2. The Morgan fingerprint density at radius 2 is 1.79 bits per heavy atom. The molecule has 0 aliphatic carbocycles. The SMILES string of the molecule is Cc1ccc(S(=O)(=O)N(C)C)cc1C(=O)OCC(=O)Nc1cc(F)ccc1F. The standard InChI is InChI=1S/C18H18F2N2O5S/c1-11-4-6-13(28(25,26)22(2)3)9-14(11)18(24)27-10-17(23)21-16-8-12(19)5-7-15(16)20/h4-9H,10H2,1-3H3,(H,21,23). The fourth-order valence-electron chi connectivity index (χ4n) is 2.18. The average molecular weight is 412 g/mol. The molecule has 0 bridgehead atoms. The number of sulfonamides is 1. The number of amides is 1. The van der Waals surface area contributed by atoms with E-state index in [2.05, 4.69) is 5.32 Å². The number of hydrogen-bond donors (Lipinski definition) is 1. The average Bonchev–Trinajstić information content (AvgIpc) is 2.62. The van der Waals surface area contributed by atoms with E-state index in [1.54, 1.807) is 6.92 Å². The number of nitrogens with zero attached hydrogens (tertiary/aromatic N) is 1. The Labute approximate surface area is 161 Å². The Morgan fingerprint density at radius 1 is 1.11 bits per heavy atom. The molecule has 0 radical (unpaired) electrons. The van der Waals surface area contributed by atoms with Crippen LogP contribution < -0.4 is 5.32 Å². The topological polar surface area (TPSA) is 92.8 Å². The number of carbonyl (C=O) groups excluding carboxylic acids is 2. The van der Waals surface area contributed by atoms with Gasteiger partial charge in [-0.05, 0) is 36.8 Å². The third-order valence-electron chi connectivity index (χ3n) is 3.74. The van der Waals surface area contributed by atoms with Crippen LogP contribution in [0.2, 0.25) is 0 Å². The maximum atomic E-state index is 13.5. The summed E-state index contributed by atoms with van der Waals surface area (Å²) in [7, 11) is -1.06. The molecular formula is C18H18F2N2O5S. The van der Waals surface area contributed by atoms with Crippen molar-refractivity contribution in [2.24, 2.45) is 0 Å². The quantitative estimate of drug-likeness (QED) is 0.735. The Kier molecular flexibility index (Phi) is 6.47. The third kappa shape index (κ3) is 4.90. The molecule has 0 fully saturated rings. The molecule has 1 amide bonds. The highest BCUT2D eigenvalue weighted by molar-refractivity contribution is 7.89. The van der Waals surface area contributed by atoms with Crippen molar-refractivity contribution in [1.29, 1.82) is 0 Å². The minimum atomic E-state index is -3.76. The summed E-state index contributed by atoms with van der Waals surface area (Å²) in [6.45, 7) is 0.809. The van der Waals surface area contributed by atoms with Gasteiger partial charge in [0.05, 0.1) is 16.1 Å². The first-order chi connectivity index (χ1) is 13.0. The molecule has 0 aliphatic heterocycles. The largest absolute Gasteiger partial charge is 0.452 e. The Morgan fingerprint density at radius 3 is 2.43 bits per heavy atom. The van der Waals surface area contributed by atoms with Crippen LogP contribution in [0.1, 0.15) is 15.9 Å². The summed E-state index contributed by atoms with van der Waals surface area (Å²) < 4.78 is 56.9. The van der Waals surface area contributed by atoms with E-state index in [0.29, 0.717) is 5.56 Å². The van der Waals surface area contributed by atoms with Gasteiger partial charge in [-0.1, -0.05) is 6.07 Å². The van der Waals surface area contributed by atoms with Crippen LogP contribution in [0.4, 0.5) is 14.5 Å². The smallest absolute Gasteiger partial charge is 0.338 e. The van der Waals surface area contributed by atoms with Gasteiger partial charge in [0.25, 0.3) is 5.91 Å². The zero-order valence-electron chi connectivity index (χ0n) is 15.3. The minimum absolute atomic E-state index is 0.0346. The lowest BCUT2D eigenvalue weighted by molar-refractivity contribution is -0.119. The number of hydrogen-bond acceptors (Lipinski definition) is 5. The summed E-state index contributed by atoms with van der Waals surface area (Å²) in [6.07, 6.45) is 0. The van der Waals surface area contributed by atoms with Crippen LogP contribution >= 0.6 is 0 Å². The molecule has 0 atom stereocenters. The second-order valence-corrected chi connectivity index (χ2v) is 8.16. The van der Waals surface area contributed by atoms with Gasteiger partial charge in [-0.15, -0.1) is 0 Å². The summed E-state index contributed by atoms with van der Waals surface area (Å²) >= 11 is 0. The lowest BCUT2D eigenvalue weighted by Crippen LogP contribution is -2.24. The minimum Gasteiger partial charge on any atom is -0.452 e. The van der Waals surface area contributed by atoms with Gasteiger partial charge in [-0.2, -0.15) is 0 Å². The fourth-order valence-corrected chi connectivity index (χ4v) is 3.11. The van der Waals surface area contributed by atoms with Crippen LogP contribution in [0.3, 0.4) is 0 Å². The normalized spacial score (nSPS) is 11.4. The summed E-state index contributed by atoms with van der Waals surface area (Å²) in [5, 5.41) is 2.09. The number of ether oxygens (including phenoxy) is 1. The van der Waals surface area contributed by atoms with E-state index in [4.69, 9.17) is 4.74 Å². The van der Waals surface area contributed by atoms with Gasteiger partial charge >= 0.3 is 5.97 Å². The van der Waals surface area contributed by atoms with Gasteiger partial charge < -0.3 is 10.1 Å². The third-order valence-corrected chi connectivity index (χ3v) is 5.56. The molecule has 0 saturated heterocycles. The van der Waals surface area contributed by atoms with Gasteiger partial charge in [0.2, 0.25) is 10.0 Å². The molecule has 0 saturated carbocycles. The van der Waals surface area contributed by atoms with Gasteiger partial charge in [0.15, 0.2) is 6.61 Å². The van der Waals surface area contributed by atoms with Crippen LogP contribution in [0.5, 0.6) is 0 Å². The number of carbonyl (C=O) groups is 2. The second kappa shape index (κ2) is 8.44. The molecule has 0 aliphatic rings. The molecule has 150 valence electrons. The fraction of sp³-hybridized carbons (Fsp3) is 0.222. The van der Waals surface area contributed by atoms with Crippen LogP contribution in [0.25, 0.3) is 0 Å². The molecule has 2 rings (SSSR count). The van der Waals surface area contributed by atoms with E-state index in [9.17, 15) is 26.8 Å². The Bertz CT molecular complexity index is 1020. The van der Waals surface area contributed by atoms with E-state index in [1.807, 2.05) is 0 Å². The molecule has 1 N–H and O–H groups in total. The molecular weight excluding hydrogens is 394 g/mol. The molecule has 0 unspecified atom stereocenters. The predicted octanol–water partition coefficient (Wildman–Crippen LogP) is 2.32. The van der Waals surface area contributed by atoms with Crippen LogP contribution in [-0.2, 0) is 19.6 Å². The van der Waals surface area contributed by atoms with E-state index < -0.39 is 45.8 Å². The van der Waals surface area contributed by atoms with Gasteiger partial charge in [-0.25, -0.2) is 26.3 Å². The summed E-state index contributed by atoms with van der Waals surface area (Å²) in [5.74, 6) is -3.41. The summed E-state index contributed by atoms with van der Waals surface area (Å²) in [4.78, 5) is 24.0. The highest BCUT2D eigenvalue weighted by Gasteiger charge is 2.21. The highest BCUT2D eigenvalue weighted by Crippen LogP contribution is 2.19. The number of halogens is 2. The van der Waals surface area contributed by atoms with Crippen LogP contribution in [-0.4, -0.2) is 45.3 Å². The van der Waals surface area contributed by atoms with E-state index in [0.717, 1.165) is 28.6 Å². The van der Waals surface area contributed by atoms with Crippen LogP contribution in [0, 0.1) is 18.6 Å². The first kappa shape index (κ1) is 21.5. The Hall–Kier alpha value is -2.85.